The van der Waals surface area contributed by atoms with Crippen LogP contribution in [0.2, 0.25) is 0 Å². The highest BCUT2D eigenvalue weighted by atomic mass is 32.2. The summed E-state index contributed by atoms with van der Waals surface area (Å²) in [5.41, 5.74) is 0.114. The fourth-order valence-corrected chi connectivity index (χ4v) is 10.4. The highest BCUT2D eigenvalue weighted by molar-refractivity contribution is 7.86. The number of alkyl halides is 6. The van der Waals surface area contributed by atoms with E-state index in [1.54, 1.807) is 19.1 Å². The van der Waals surface area contributed by atoms with E-state index in [1.165, 1.54) is 12.1 Å². The van der Waals surface area contributed by atoms with Gasteiger partial charge in [0.2, 0.25) is 0 Å². The lowest BCUT2D eigenvalue weighted by Gasteiger charge is -2.60. The lowest BCUT2D eigenvalue weighted by molar-refractivity contribution is -0.223. The van der Waals surface area contributed by atoms with Crippen molar-refractivity contribution in [3.05, 3.63) is 41.5 Å². The van der Waals surface area contributed by atoms with Gasteiger partial charge in [-0.15, -0.1) is 0 Å². The maximum absolute atomic E-state index is 13.4. The molecule has 0 unspecified atom stereocenters. The minimum atomic E-state index is -5.32. The Morgan fingerprint density at radius 2 is 1.55 bits per heavy atom. The van der Waals surface area contributed by atoms with E-state index in [-0.39, 0.29) is 52.9 Å². The molecular weight excluding hydrogens is 654 g/mol. The molecule has 7 nitrogen and oxygen atoms in total. The van der Waals surface area contributed by atoms with E-state index >= 15 is 0 Å². The van der Waals surface area contributed by atoms with Crippen molar-refractivity contribution in [2.24, 2.45) is 40.4 Å². The van der Waals surface area contributed by atoms with Crippen molar-refractivity contribution in [3.63, 3.8) is 0 Å². The van der Waals surface area contributed by atoms with E-state index in [0.717, 1.165) is 18.4 Å². The highest BCUT2D eigenvalue weighted by Gasteiger charge is 2.63. The summed E-state index contributed by atoms with van der Waals surface area (Å²) in [7, 11) is -3.96. The number of ether oxygens (including phenoxy) is 2. The molecule has 0 bridgehead atoms. The summed E-state index contributed by atoms with van der Waals surface area (Å²) >= 11 is 0. The molecule has 1 aromatic carbocycles. The summed E-state index contributed by atoms with van der Waals surface area (Å²) in [6, 6.07) is 6.40. The van der Waals surface area contributed by atoms with E-state index in [9.17, 15) is 44.3 Å². The van der Waals surface area contributed by atoms with Gasteiger partial charge in [0.15, 0.2) is 0 Å². The predicted molar refractivity (Wildman–Crippen MR) is 156 cm³/mol. The normalized spacial score (nSPS) is 34.7. The Morgan fingerprint density at radius 3 is 2.17 bits per heavy atom. The average Bonchev–Trinajstić information content (AvgIpc) is 3.33. The van der Waals surface area contributed by atoms with E-state index in [1.807, 2.05) is 19.9 Å². The third kappa shape index (κ3) is 6.69. The van der Waals surface area contributed by atoms with Crippen molar-refractivity contribution in [3.8, 4) is 0 Å². The second-order valence-corrected chi connectivity index (χ2v) is 15.9. The summed E-state index contributed by atoms with van der Waals surface area (Å²) in [6.45, 7) is 7.70. The van der Waals surface area contributed by atoms with Crippen LogP contribution in [0.3, 0.4) is 0 Å². The minimum absolute atomic E-state index is 0.00739. The first-order valence-corrected chi connectivity index (χ1v) is 17.3. The van der Waals surface area contributed by atoms with Gasteiger partial charge in [-0.3, -0.25) is 4.18 Å². The number of carbonyl (C=O) groups excluding carboxylic acids is 2. The second-order valence-electron chi connectivity index (χ2n) is 14.2. The standard InChI is InChI=1S/C33H40F6O7S/c1-18-5-8-22(9-6-18)47(42,43)44-17-19(2)24-11-12-25-23-10-7-20-15-21(45-28(40)32(34,35)36)16-27(46-29(41)33(37,38)39)31(20,4)26(23)13-14-30(24,25)3/h5-9,19,21,23-27H,10-17H2,1-4H3/t19-,21-,23+,24-,25+,26+,27+,30-,31+/m1/s1. The van der Waals surface area contributed by atoms with Crippen molar-refractivity contribution in [2.75, 3.05) is 6.61 Å². The molecule has 4 aliphatic rings. The van der Waals surface area contributed by atoms with Gasteiger partial charge in [0, 0.05) is 18.3 Å². The monoisotopic (exact) mass is 694 g/mol. The number of fused-ring (bicyclic) bond motifs is 5. The zero-order valence-electron chi connectivity index (χ0n) is 26.6. The molecule has 1 aromatic rings. The van der Waals surface area contributed by atoms with Gasteiger partial charge in [0.25, 0.3) is 10.1 Å². The van der Waals surface area contributed by atoms with E-state index < -0.39 is 58.5 Å². The Kier molecular flexibility index (Phi) is 9.39. The van der Waals surface area contributed by atoms with Crippen molar-refractivity contribution in [1.82, 2.24) is 0 Å². The molecule has 0 spiro atoms. The summed E-state index contributed by atoms with van der Waals surface area (Å²) in [4.78, 5) is 23.8. The maximum atomic E-state index is 13.4. The lowest BCUT2D eigenvalue weighted by atomic mass is 9.46. The van der Waals surface area contributed by atoms with Crippen LogP contribution in [-0.4, -0.2) is 51.5 Å². The lowest BCUT2D eigenvalue weighted by Crippen LogP contribution is -2.57. The Morgan fingerprint density at radius 1 is 0.936 bits per heavy atom. The van der Waals surface area contributed by atoms with Crippen LogP contribution in [0.15, 0.2) is 40.8 Å². The summed E-state index contributed by atoms with van der Waals surface area (Å²) in [6.07, 6.45) is -8.89. The van der Waals surface area contributed by atoms with Gasteiger partial charge in [0.1, 0.15) is 12.2 Å². The first-order valence-electron chi connectivity index (χ1n) is 15.9. The number of esters is 2. The fraction of sp³-hybridized carbons (Fsp3) is 0.697. The number of hydrogen-bond acceptors (Lipinski definition) is 7. The van der Waals surface area contributed by atoms with Crippen LogP contribution < -0.4 is 0 Å². The third-order valence-electron chi connectivity index (χ3n) is 11.7. The maximum Gasteiger partial charge on any atom is 0.490 e. The smallest absolute Gasteiger partial charge is 0.455 e. The Bertz CT molecular complexity index is 1500. The zero-order valence-corrected chi connectivity index (χ0v) is 27.4. The molecule has 0 N–H and O–H groups in total. The molecule has 47 heavy (non-hydrogen) atoms. The SMILES string of the molecule is Cc1ccc(S(=O)(=O)OC[C@@H](C)[C@H]2CC[C@H]3[C@@H]4CC=C5C[C@@H](OC(=O)C(F)(F)F)C[C@H](OC(=O)C(F)(F)F)[C@]5(C)[C@H]4CC[C@]23C)cc1. The molecule has 9 atom stereocenters. The number of aryl methyl sites for hydroxylation is 1. The highest BCUT2D eigenvalue weighted by Crippen LogP contribution is 2.67. The molecule has 0 saturated heterocycles. The van der Waals surface area contributed by atoms with E-state index in [4.69, 9.17) is 8.92 Å². The van der Waals surface area contributed by atoms with Crippen molar-refractivity contribution in [1.29, 1.82) is 0 Å². The Hall–Kier alpha value is -2.61. The molecule has 0 aliphatic heterocycles. The quantitative estimate of drug-likeness (QED) is 0.127. The topological polar surface area (TPSA) is 96.0 Å². The summed E-state index contributed by atoms with van der Waals surface area (Å²) in [5.74, 6) is -5.03. The molecule has 4 aliphatic carbocycles. The third-order valence-corrected chi connectivity index (χ3v) is 13.0. The van der Waals surface area contributed by atoms with Crippen LogP contribution in [0.4, 0.5) is 26.3 Å². The second kappa shape index (κ2) is 12.4. The van der Waals surface area contributed by atoms with E-state index in [0.29, 0.717) is 24.8 Å². The van der Waals surface area contributed by atoms with E-state index in [2.05, 4.69) is 11.7 Å². The van der Waals surface area contributed by atoms with Gasteiger partial charge in [-0.25, -0.2) is 9.59 Å². The van der Waals surface area contributed by atoms with Crippen LogP contribution in [0.1, 0.15) is 71.3 Å². The molecule has 0 amide bonds. The molecule has 0 aromatic heterocycles. The number of rotatable bonds is 7. The number of allylic oxidation sites excluding steroid dienone is 1. The molecule has 3 saturated carbocycles. The van der Waals surface area contributed by atoms with Crippen LogP contribution in [0.5, 0.6) is 0 Å². The number of hydrogen-bond donors (Lipinski definition) is 0. The van der Waals surface area contributed by atoms with Crippen LogP contribution in [0.25, 0.3) is 0 Å². The van der Waals surface area contributed by atoms with Crippen molar-refractivity contribution >= 4 is 22.1 Å². The van der Waals surface area contributed by atoms with Crippen molar-refractivity contribution < 1.29 is 58.0 Å². The number of carbonyl (C=O) groups is 2. The first-order chi connectivity index (χ1) is 21.7. The molecule has 262 valence electrons. The van der Waals surface area contributed by atoms with Crippen LogP contribution >= 0.6 is 0 Å². The van der Waals surface area contributed by atoms with Gasteiger partial charge < -0.3 is 9.47 Å². The molecular formula is C33H40F6O7S. The minimum Gasteiger partial charge on any atom is -0.455 e. The average molecular weight is 695 g/mol. The number of halogens is 6. The Balaban J connectivity index is 1.36. The number of benzene rings is 1. The zero-order chi connectivity index (χ0) is 34.7. The van der Waals surface area contributed by atoms with Gasteiger partial charge in [-0.2, -0.15) is 34.8 Å². The summed E-state index contributed by atoms with van der Waals surface area (Å²) in [5, 5.41) is 0. The van der Waals surface area contributed by atoms with Gasteiger partial charge in [0.05, 0.1) is 11.5 Å². The Labute approximate surface area is 270 Å². The van der Waals surface area contributed by atoms with Crippen LogP contribution in [0, 0.1) is 47.3 Å². The van der Waals surface area contributed by atoms with Gasteiger partial charge in [-0.05, 0) is 86.2 Å². The fourth-order valence-electron chi connectivity index (χ4n) is 9.39. The largest absolute Gasteiger partial charge is 0.490 e. The molecule has 5 rings (SSSR count). The summed E-state index contributed by atoms with van der Waals surface area (Å²) < 4.78 is 120. The predicted octanol–water partition coefficient (Wildman–Crippen LogP) is 7.47. The first kappa shape index (κ1) is 35.7. The molecule has 0 radical (unpaired) electrons. The molecule has 3 fully saturated rings. The van der Waals surface area contributed by atoms with Gasteiger partial charge in [-0.1, -0.05) is 50.1 Å². The van der Waals surface area contributed by atoms with Crippen molar-refractivity contribution in [2.45, 2.75) is 102 Å². The molecule has 14 heteroatoms. The van der Waals surface area contributed by atoms with Gasteiger partial charge >= 0.3 is 24.3 Å². The molecule has 0 heterocycles. The van der Waals surface area contributed by atoms with Crippen LogP contribution in [-0.2, 0) is 33.4 Å².